The number of carbonyl (C=O) groups is 2. The SMILES string of the molecule is N#Cc1cc(F)ccc1NC(=O)N1CCC[C@H](CC(N)=O)C1. The molecular formula is C15H17FN4O2. The van der Waals surface area contributed by atoms with Gasteiger partial charge in [0.25, 0.3) is 0 Å². The Labute approximate surface area is 127 Å². The Morgan fingerprint density at radius 1 is 1.50 bits per heavy atom. The van der Waals surface area contributed by atoms with Crippen LogP contribution in [-0.4, -0.2) is 29.9 Å². The van der Waals surface area contributed by atoms with Gasteiger partial charge in [-0.05, 0) is 37.0 Å². The van der Waals surface area contributed by atoms with Gasteiger partial charge in [0.05, 0.1) is 11.3 Å². The van der Waals surface area contributed by atoms with E-state index in [2.05, 4.69) is 5.32 Å². The molecule has 3 N–H and O–H groups in total. The molecule has 6 nitrogen and oxygen atoms in total. The van der Waals surface area contributed by atoms with Crippen LogP contribution in [-0.2, 0) is 4.79 Å². The van der Waals surface area contributed by atoms with Gasteiger partial charge in [0.1, 0.15) is 11.9 Å². The number of nitrogens with zero attached hydrogens (tertiary/aromatic N) is 2. The molecule has 0 spiro atoms. The molecule has 0 aliphatic carbocycles. The van der Waals surface area contributed by atoms with Gasteiger partial charge in [-0.25, -0.2) is 9.18 Å². The van der Waals surface area contributed by atoms with Gasteiger partial charge in [0.15, 0.2) is 0 Å². The number of piperidine rings is 1. The van der Waals surface area contributed by atoms with Crippen LogP contribution in [0.2, 0.25) is 0 Å². The van der Waals surface area contributed by atoms with E-state index in [1.165, 1.54) is 12.1 Å². The van der Waals surface area contributed by atoms with Crippen LogP contribution in [0.1, 0.15) is 24.8 Å². The number of nitrogens with two attached hydrogens (primary N) is 1. The topological polar surface area (TPSA) is 99.2 Å². The third kappa shape index (κ3) is 3.95. The maximum Gasteiger partial charge on any atom is 0.321 e. The number of hydrogen-bond acceptors (Lipinski definition) is 3. The molecule has 1 aromatic rings. The number of rotatable bonds is 3. The molecule has 1 aromatic carbocycles. The minimum Gasteiger partial charge on any atom is -0.370 e. The Bertz CT molecular complexity index is 626. The Morgan fingerprint density at radius 3 is 2.95 bits per heavy atom. The van der Waals surface area contributed by atoms with Crippen LogP contribution in [0, 0.1) is 23.1 Å². The molecule has 2 rings (SSSR count). The lowest BCUT2D eigenvalue weighted by molar-refractivity contribution is -0.119. The first kappa shape index (κ1) is 15.8. The molecule has 7 heteroatoms. The van der Waals surface area contributed by atoms with Gasteiger partial charge in [-0.15, -0.1) is 0 Å². The summed E-state index contributed by atoms with van der Waals surface area (Å²) in [6, 6.07) is 5.09. The van der Waals surface area contributed by atoms with Crippen LogP contribution >= 0.6 is 0 Å². The van der Waals surface area contributed by atoms with E-state index in [0.29, 0.717) is 13.1 Å². The second-order valence-corrected chi connectivity index (χ2v) is 5.36. The summed E-state index contributed by atoms with van der Waals surface area (Å²) in [6.07, 6.45) is 1.90. The molecule has 0 unspecified atom stereocenters. The van der Waals surface area contributed by atoms with Crippen molar-refractivity contribution < 1.29 is 14.0 Å². The standard InChI is InChI=1S/C15H17FN4O2/c16-12-3-4-13(11(7-12)8-17)19-15(22)20-5-1-2-10(9-20)6-14(18)21/h3-4,7,10H,1-2,5-6,9H2,(H2,18,21)(H,19,22)/t10-/m1/s1. The molecule has 1 heterocycles. The molecule has 1 atom stereocenters. The van der Waals surface area contributed by atoms with Gasteiger partial charge in [-0.3, -0.25) is 4.79 Å². The largest absolute Gasteiger partial charge is 0.370 e. The summed E-state index contributed by atoms with van der Waals surface area (Å²) in [6.45, 7) is 1.02. The Kier molecular flexibility index (Phi) is 4.94. The fourth-order valence-corrected chi connectivity index (χ4v) is 2.61. The third-order valence-corrected chi connectivity index (χ3v) is 3.64. The number of benzene rings is 1. The Balaban J connectivity index is 2.03. The monoisotopic (exact) mass is 304 g/mol. The summed E-state index contributed by atoms with van der Waals surface area (Å²) >= 11 is 0. The highest BCUT2D eigenvalue weighted by Gasteiger charge is 2.25. The molecule has 3 amide bonds. The van der Waals surface area contributed by atoms with Gasteiger partial charge < -0.3 is 16.0 Å². The highest BCUT2D eigenvalue weighted by atomic mass is 19.1. The number of nitrogens with one attached hydrogen (secondary N) is 1. The predicted molar refractivity (Wildman–Crippen MR) is 78.2 cm³/mol. The summed E-state index contributed by atoms with van der Waals surface area (Å²) < 4.78 is 13.1. The van der Waals surface area contributed by atoms with Crippen molar-refractivity contribution in [3.8, 4) is 6.07 Å². The average Bonchev–Trinajstić information content (AvgIpc) is 2.48. The van der Waals surface area contributed by atoms with E-state index >= 15 is 0 Å². The number of nitriles is 1. The fraction of sp³-hybridized carbons (Fsp3) is 0.400. The molecule has 116 valence electrons. The zero-order chi connectivity index (χ0) is 16.1. The highest BCUT2D eigenvalue weighted by Crippen LogP contribution is 2.21. The Hall–Kier alpha value is -2.62. The summed E-state index contributed by atoms with van der Waals surface area (Å²) in [7, 11) is 0. The van der Waals surface area contributed by atoms with Crippen molar-refractivity contribution in [2.75, 3.05) is 18.4 Å². The highest BCUT2D eigenvalue weighted by molar-refractivity contribution is 5.91. The Morgan fingerprint density at radius 2 is 2.27 bits per heavy atom. The van der Waals surface area contributed by atoms with E-state index < -0.39 is 5.82 Å². The zero-order valence-corrected chi connectivity index (χ0v) is 12.0. The molecule has 1 aliphatic rings. The molecular weight excluding hydrogens is 287 g/mol. The van der Waals surface area contributed by atoms with Crippen LogP contribution in [0.5, 0.6) is 0 Å². The van der Waals surface area contributed by atoms with Gasteiger partial charge >= 0.3 is 6.03 Å². The van der Waals surface area contributed by atoms with Gasteiger partial charge in [0, 0.05) is 19.5 Å². The van der Waals surface area contributed by atoms with E-state index in [1.807, 2.05) is 6.07 Å². The first-order valence-electron chi connectivity index (χ1n) is 7.03. The molecule has 0 bridgehead atoms. The number of halogens is 1. The van der Waals surface area contributed by atoms with E-state index in [9.17, 15) is 14.0 Å². The minimum atomic E-state index is -0.533. The summed E-state index contributed by atoms with van der Waals surface area (Å²) in [5.41, 5.74) is 5.53. The van der Waals surface area contributed by atoms with Crippen LogP contribution < -0.4 is 11.1 Å². The van der Waals surface area contributed by atoms with Gasteiger partial charge in [0.2, 0.25) is 5.91 Å². The van der Waals surface area contributed by atoms with E-state index in [4.69, 9.17) is 11.0 Å². The maximum atomic E-state index is 13.1. The molecule has 22 heavy (non-hydrogen) atoms. The van der Waals surface area contributed by atoms with Crippen molar-refractivity contribution >= 4 is 17.6 Å². The van der Waals surface area contributed by atoms with Crippen molar-refractivity contribution in [1.82, 2.24) is 4.90 Å². The minimum absolute atomic E-state index is 0.0562. The first-order valence-corrected chi connectivity index (χ1v) is 7.03. The molecule has 0 radical (unpaired) electrons. The molecule has 1 saturated heterocycles. The third-order valence-electron chi connectivity index (χ3n) is 3.64. The lowest BCUT2D eigenvalue weighted by Gasteiger charge is -2.32. The zero-order valence-electron chi connectivity index (χ0n) is 12.0. The second-order valence-electron chi connectivity index (χ2n) is 5.36. The number of urea groups is 1. The lowest BCUT2D eigenvalue weighted by Crippen LogP contribution is -2.43. The van der Waals surface area contributed by atoms with Gasteiger partial charge in [-0.2, -0.15) is 5.26 Å². The smallest absolute Gasteiger partial charge is 0.321 e. The molecule has 0 aromatic heterocycles. The quantitative estimate of drug-likeness (QED) is 0.890. The normalized spacial score (nSPS) is 17.6. The van der Waals surface area contributed by atoms with Crippen LogP contribution in [0.15, 0.2) is 18.2 Å². The molecule has 0 saturated carbocycles. The average molecular weight is 304 g/mol. The number of carbonyl (C=O) groups excluding carboxylic acids is 2. The van der Waals surface area contributed by atoms with E-state index in [-0.39, 0.29) is 35.5 Å². The van der Waals surface area contributed by atoms with Crippen LogP contribution in [0.4, 0.5) is 14.9 Å². The van der Waals surface area contributed by atoms with Crippen molar-refractivity contribution in [2.24, 2.45) is 11.7 Å². The van der Waals surface area contributed by atoms with Gasteiger partial charge in [-0.1, -0.05) is 0 Å². The number of amides is 3. The van der Waals surface area contributed by atoms with Crippen LogP contribution in [0.25, 0.3) is 0 Å². The molecule has 1 fully saturated rings. The summed E-state index contributed by atoms with van der Waals surface area (Å²) in [4.78, 5) is 24.8. The van der Waals surface area contributed by atoms with E-state index in [0.717, 1.165) is 18.9 Å². The number of hydrogen-bond donors (Lipinski definition) is 2. The predicted octanol–water partition coefficient (Wildman–Crippen LogP) is 1.82. The number of primary amides is 1. The van der Waals surface area contributed by atoms with Crippen LogP contribution in [0.3, 0.4) is 0 Å². The number of likely N-dealkylation sites (tertiary alicyclic amines) is 1. The first-order chi connectivity index (χ1) is 10.5. The second kappa shape index (κ2) is 6.89. The lowest BCUT2D eigenvalue weighted by atomic mass is 9.95. The van der Waals surface area contributed by atoms with Crippen molar-refractivity contribution in [3.05, 3.63) is 29.6 Å². The number of anilines is 1. The summed E-state index contributed by atoms with van der Waals surface area (Å²) in [5, 5.41) is 11.6. The summed E-state index contributed by atoms with van der Waals surface area (Å²) in [5.74, 6) is -0.854. The molecule has 1 aliphatic heterocycles. The van der Waals surface area contributed by atoms with Crippen molar-refractivity contribution in [2.45, 2.75) is 19.3 Å². The van der Waals surface area contributed by atoms with Crippen molar-refractivity contribution in [3.63, 3.8) is 0 Å². The van der Waals surface area contributed by atoms with E-state index in [1.54, 1.807) is 4.90 Å². The van der Waals surface area contributed by atoms with Crippen molar-refractivity contribution in [1.29, 1.82) is 5.26 Å². The fourth-order valence-electron chi connectivity index (χ4n) is 2.61. The maximum absolute atomic E-state index is 13.1.